The molecular weight excluding hydrogens is 690 g/mol. The highest BCUT2D eigenvalue weighted by Gasteiger charge is 2.77. The fourth-order valence-electron chi connectivity index (χ4n) is 7.53. The maximum atomic E-state index is 14.4. The van der Waals surface area contributed by atoms with E-state index in [0.29, 0.717) is 16.8 Å². The van der Waals surface area contributed by atoms with Gasteiger partial charge in [0.1, 0.15) is 17.3 Å². The Morgan fingerprint density at radius 2 is 1.53 bits per heavy atom. The molecule has 8 nitrogen and oxygen atoms in total. The van der Waals surface area contributed by atoms with E-state index in [1.807, 2.05) is 6.08 Å². The molecule has 6 atom stereocenters. The molecule has 1 saturated carbocycles. The summed E-state index contributed by atoms with van der Waals surface area (Å²) in [4.78, 5) is 54.5. The Bertz CT molecular complexity index is 1840. The zero-order valence-corrected chi connectivity index (χ0v) is 26.6. The fraction of sp³-hybridized carbons (Fsp3) is 0.273. The van der Waals surface area contributed by atoms with Crippen molar-refractivity contribution in [2.24, 2.45) is 17.8 Å². The summed E-state index contributed by atoms with van der Waals surface area (Å²) in [7, 11) is 1.39. The average Bonchev–Trinajstić information content (AvgIpc) is 3.36. The number of anilines is 2. The largest absolute Gasteiger partial charge is 0.508 e. The fourth-order valence-corrected chi connectivity index (χ4v) is 8.72. The van der Waals surface area contributed by atoms with Crippen LogP contribution in [0.25, 0.3) is 0 Å². The Labute approximate surface area is 275 Å². The summed E-state index contributed by atoms with van der Waals surface area (Å²) >= 11 is 18.1. The predicted octanol–water partition coefficient (Wildman–Crippen LogP) is 6.07. The molecule has 230 valence electrons. The molecule has 2 aliphatic heterocycles. The lowest BCUT2D eigenvalue weighted by atomic mass is 9.56. The van der Waals surface area contributed by atoms with Gasteiger partial charge in [0.05, 0.1) is 30.3 Å². The van der Waals surface area contributed by atoms with Crippen molar-refractivity contribution in [1.82, 2.24) is 0 Å². The van der Waals surface area contributed by atoms with Gasteiger partial charge in [-0.2, -0.15) is 0 Å². The quantitative estimate of drug-likeness (QED) is 0.200. The Morgan fingerprint density at radius 1 is 0.889 bits per heavy atom. The number of halogens is 4. The molecule has 0 bridgehead atoms. The number of allylic oxidation sites excluding steroid dienone is 2. The first-order valence-electron chi connectivity index (χ1n) is 14.1. The van der Waals surface area contributed by atoms with Crippen molar-refractivity contribution in [2.45, 2.75) is 28.5 Å². The second kappa shape index (κ2) is 10.4. The highest BCUT2D eigenvalue weighted by Crippen LogP contribution is 2.66. The number of carbonyl (C=O) groups excluding carboxylic acids is 4. The number of alkyl halides is 2. The SMILES string of the molecule is COc1cc(O)ccc1C1C2=CCC3C(=O)N(c4ccc(Br)cc4)C(=O)C3C2CC2(Cl)C(=O)N(c3ccc(F)cc3)C(=O)C12Cl. The molecule has 0 spiro atoms. The molecule has 0 aromatic heterocycles. The van der Waals surface area contributed by atoms with Gasteiger partial charge in [0.15, 0.2) is 9.75 Å². The molecule has 4 aliphatic rings. The number of phenolic OH excluding ortho intramolecular Hbond substituents is 1. The summed E-state index contributed by atoms with van der Waals surface area (Å²) in [5.74, 6) is -6.38. The topological polar surface area (TPSA) is 104 Å². The third kappa shape index (κ3) is 4.08. The highest BCUT2D eigenvalue weighted by atomic mass is 79.9. The molecule has 6 unspecified atom stereocenters. The number of phenols is 1. The molecule has 7 rings (SSSR count). The summed E-state index contributed by atoms with van der Waals surface area (Å²) < 4.78 is 20.2. The van der Waals surface area contributed by atoms with Crippen molar-refractivity contribution < 1.29 is 33.4 Å². The summed E-state index contributed by atoms with van der Waals surface area (Å²) in [6.07, 6.45) is 1.80. The minimum absolute atomic E-state index is 0.0839. The van der Waals surface area contributed by atoms with Crippen molar-refractivity contribution in [3.63, 3.8) is 0 Å². The minimum Gasteiger partial charge on any atom is -0.508 e. The number of benzene rings is 3. The number of rotatable bonds is 4. The van der Waals surface area contributed by atoms with Crippen molar-refractivity contribution >= 4 is 74.1 Å². The number of carbonyl (C=O) groups is 4. The summed E-state index contributed by atoms with van der Waals surface area (Å²) in [5.41, 5.74) is 1.44. The van der Waals surface area contributed by atoms with Crippen molar-refractivity contribution in [2.75, 3.05) is 16.9 Å². The zero-order valence-electron chi connectivity index (χ0n) is 23.5. The van der Waals surface area contributed by atoms with E-state index in [-0.39, 0.29) is 35.9 Å². The first kappa shape index (κ1) is 30.0. The number of methoxy groups -OCH3 is 1. The van der Waals surface area contributed by atoms with Crippen molar-refractivity contribution in [1.29, 1.82) is 0 Å². The van der Waals surface area contributed by atoms with Crippen molar-refractivity contribution in [3.8, 4) is 11.5 Å². The number of imide groups is 2. The molecule has 2 saturated heterocycles. The van der Waals surface area contributed by atoms with Crippen LogP contribution in [0.1, 0.15) is 24.3 Å². The van der Waals surface area contributed by atoms with Gasteiger partial charge in [-0.25, -0.2) is 9.29 Å². The van der Waals surface area contributed by atoms with Crippen LogP contribution in [0.15, 0.2) is 82.9 Å². The number of hydrogen-bond donors (Lipinski definition) is 1. The summed E-state index contributed by atoms with van der Waals surface area (Å²) in [6, 6.07) is 15.9. The maximum absolute atomic E-state index is 14.4. The lowest BCUT2D eigenvalue weighted by Gasteiger charge is -2.50. The molecule has 3 aromatic rings. The smallest absolute Gasteiger partial charge is 0.258 e. The summed E-state index contributed by atoms with van der Waals surface area (Å²) in [6.45, 7) is 0. The third-order valence-electron chi connectivity index (χ3n) is 9.51. The van der Waals surface area contributed by atoms with E-state index in [2.05, 4.69) is 15.9 Å². The molecule has 3 aromatic carbocycles. The second-order valence-corrected chi connectivity index (χ2v) is 13.8. The first-order chi connectivity index (χ1) is 21.4. The number of amides is 4. The van der Waals surface area contributed by atoms with E-state index >= 15 is 0 Å². The predicted molar refractivity (Wildman–Crippen MR) is 168 cm³/mol. The van der Waals surface area contributed by atoms with E-state index in [4.69, 9.17) is 27.9 Å². The highest BCUT2D eigenvalue weighted by molar-refractivity contribution is 9.10. The minimum atomic E-state index is -2.11. The monoisotopic (exact) mass is 712 g/mol. The molecule has 2 aliphatic carbocycles. The molecule has 4 amide bonds. The third-order valence-corrected chi connectivity index (χ3v) is 11.5. The Hall–Kier alpha value is -3.73. The Morgan fingerprint density at radius 3 is 2.20 bits per heavy atom. The maximum Gasteiger partial charge on any atom is 0.258 e. The molecular formula is C33H24BrCl2FN2O6. The molecule has 0 radical (unpaired) electrons. The van der Waals surface area contributed by atoms with Crippen LogP contribution >= 0.6 is 39.1 Å². The first-order valence-corrected chi connectivity index (χ1v) is 15.7. The van der Waals surface area contributed by atoms with Gasteiger partial charge >= 0.3 is 0 Å². The molecule has 12 heteroatoms. The average molecular weight is 714 g/mol. The molecule has 45 heavy (non-hydrogen) atoms. The molecule has 2 heterocycles. The van der Waals surface area contributed by atoms with E-state index in [0.717, 1.165) is 21.5 Å². The Balaban J connectivity index is 1.41. The van der Waals surface area contributed by atoms with Gasteiger partial charge in [-0.1, -0.05) is 33.6 Å². The van der Waals surface area contributed by atoms with Gasteiger partial charge < -0.3 is 9.84 Å². The van der Waals surface area contributed by atoms with Gasteiger partial charge in [-0.3, -0.25) is 24.1 Å². The van der Waals surface area contributed by atoms with Gasteiger partial charge in [-0.15, -0.1) is 23.2 Å². The van der Waals surface area contributed by atoms with Crippen LogP contribution in [0.4, 0.5) is 15.8 Å². The number of fused-ring (bicyclic) bond motifs is 4. The normalized spacial score (nSPS) is 30.6. The van der Waals surface area contributed by atoms with Crippen LogP contribution in [-0.2, 0) is 19.2 Å². The number of ether oxygens (including phenoxy) is 1. The summed E-state index contributed by atoms with van der Waals surface area (Å²) in [5, 5.41) is 10.2. The van der Waals surface area contributed by atoms with Crippen LogP contribution in [-0.4, -0.2) is 45.6 Å². The van der Waals surface area contributed by atoms with E-state index < -0.39 is 57.0 Å². The van der Waals surface area contributed by atoms with Crippen LogP contribution in [0.5, 0.6) is 11.5 Å². The molecule has 3 fully saturated rings. The zero-order chi connectivity index (χ0) is 32.0. The van der Waals surface area contributed by atoms with Gasteiger partial charge in [0, 0.05) is 22.0 Å². The van der Waals surface area contributed by atoms with Gasteiger partial charge in [-0.05, 0) is 73.4 Å². The van der Waals surface area contributed by atoms with Crippen LogP contribution in [0.2, 0.25) is 0 Å². The van der Waals surface area contributed by atoms with E-state index in [1.165, 1.54) is 36.3 Å². The van der Waals surface area contributed by atoms with Crippen LogP contribution in [0, 0.1) is 23.6 Å². The Kier molecular flexibility index (Phi) is 6.92. The van der Waals surface area contributed by atoms with Gasteiger partial charge in [0.2, 0.25) is 11.8 Å². The number of aromatic hydroxyl groups is 1. The lowest BCUT2D eigenvalue weighted by molar-refractivity contribution is -0.125. The number of hydrogen-bond acceptors (Lipinski definition) is 6. The number of nitrogens with zero attached hydrogens (tertiary/aromatic N) is 2. The van der Waals surface area contributed by atoms with Crippen LogP contribution < -0.4 is 14.5 Å². The van der Waals surface area contributed by atoms with Crippen molar-refractivity contribution in [3.05, 3.63) is 94.2 Å². The van der Waals surface area contributed by atoms with E-state index in [9.17, 15) is 28.7 Å². The second-order valence-electron chi connectivity index (χ2n) is 11.7. The van der Waals surface area contributed by atoms with Gasteiger partial charge in [0.25, 0.3) is 11.8 Å². The van der Waals surface area contributed by atoms with Crippen LogP contribution in [0.3, 0.4) is 0 Å². The van der Waals surface area contributed by atoms with E-state index in [1.54, 1.807) is 30.3 Å². The molecule has 1 N–H and O–H groups in total. The lowest BCUT2D eigenvalue weighted by Crippen LogP contribution is -2.60. The standard InChI is InChI=1S/C33H24BrCl2FN2O6/c1-45-25-14-20(40)10-11-22(25)27-21-12-13-23-26(29(42)38(28(23)41)18-6-2-16(34)3-7-18)24(21)15-32(35)30(43)39(31(44)33(27,32)36)19-8-4-17(37)5-9-19/h2-12,14,23-24,26-27,40H,13,15H2,1H3.